The van der Waals surface area contributed by atoms with Crippen molar-refractivity contribution >= 4 is 22.0 Å². The van der Waals surface area contributed by atoms with E-state index in [0.29, 0.717) is 33.9 Å². The third-order valence-electron chi connectivity index (χ3n) is 4.26. The van der Waals surface area contributed by atoms with E-state index in [1.165, 1.54) is 33.5 Å². The minimum Gasteiger partial charge on any atom is -0.493 e. The van der Waals surface area contributed by atoms with Gasteiger partial charge in [-0.3, -0.25) is 4.79 Å². The van der Waals surface area contributed by atoms with Gasteiger partial charge in [0.05, 0.1) is 33.1 Å². The van der Waals surface area contributed by atoms with E-state index in [2.05, 4.69) is 0 Å². The molecule has 0 atom stereocenters. The summed E-state index contributed by atoms with van der Waals surface area (Å²) in [5.41, 5.74) is 1.33. The van der Waals surface area contributed by atoms with Crippen molar-refractivity contribution in [2.75, 3.05) is 27.6 Å². The fourth-order valence-electron chi connectivity index (χ4n) is 2.96. The first kappa shape index (κ1) is 20.5. The Morgan fingerprint density at radius 1 is 0.966 bits per heavy atom. The molecule has 9 heteroatoms. The second-order valence-electron chi connectivity index (χ2n) is 6.25. The Labute approximate surface area is 168 Å². The van der Waals surface area contributed by atoms with Crippen molar-refractivity contribution in [3.63, 3.8) is 0 Å². The van der Waals surface area contributed by atoms with Gasteiger partial charge in [-0.15, -0.1) is 0 Å². The van der Waals surface area contributed by atoms with Crippen molar-refractivity contribution in [1.29, 1.82) is 0 Å². The second kappa shape index (κ2) is 7.67. The summed E-state index contributed by atoms with van der Waals surface area (Å²) in [5, 5.41) is 0. The van der Waals surface area contributed by atoms with Gasteiger partial charge in [-0.25, -0.2) is 0 Å². The fourth-order valence-corrected chi connectivity index (χ4v) is 3.46. The number of carbonyl (C=O) groups excluding carboxylic acids is 1. The quantitative estimate of drug-likeness (QED) is 0.520. The molecular weight excluding hydrogens is 400 g/mol. The molecule has 0 bridgehead atoms. The molecule has 0 amide bonds. The Bertz CT molecular complexity index is 1090. The van der Waals surface area contributed by atoms with Gasteiger partial charge in [0.25, 0.3) is 0 Å². The van der Waals surface area contributed by atoms with E-state index >= 15 is 0 Å². The van der Waals surface area contributed by atoms with Crippen molar-refractivity contribution in [3.05, 3.63) is 46.7 Å². The van der Waals surface area contributed by atoms with Crippen LogP contribution in [0.15, 0.2) is 30.0 Å². The van der Waals surface area contributed by atoms with Crippen LogP contribution in [0.25, 0.3) is 6.08 Å². The van der Waals surface area contributed by atoms with E-state index in [-0.39, 0.29) is 23.0 Å². The zero-order valence-electron chi connectivity index (χ0n) is 16.6. The number of hydrogen-bond acceptors (Lipinski definition) is 8. The molecule has 1 aliphatic heterocycles. The van der Waals surface area contributed by atoms with Gasteiger partial charge in [0.15, 0.2) is 17.3 Å². The number of ether oxygens (including phenoxy) is 4. The lowest BCUT2D eigenvalue weighted by molar-refractivity contribution is 0.101. The number of carbonyl (C=O) groups is 1. The molecule has 0 saturated heterocycles. The summed E-state index contributed by atoms with van der Waals surface area (Å²) in [6.45, 7) is 1.62. The molecular formula is C20H20O8S. The molecule has 0 fully saturated rings. The average molecular weight is 420 g/mol. The predicted molar refractivity (Wildman–Crippen MR) is 106 cm³/mol. The molecule has 0 saturated carbocycles. The number of ketones is 1. The van der Waals surface area contributed by atoms with E-state index in [0.717, 1.165) is 6.26 Å². The molecule has 2 aromatic carbocycles. The van der Waals surface area contributed by atoms with E-state index in [4.69, 9.17) is 23.1 Å². The maximum absolute atomic E-state index is 12.7. The van der Waals surface area contributed by atoms with Crippen LogP contribution in [0.4, 0.5) is 0 Å². The van der Waals surface area contributed by atoms with Gasteiger partial charge in [0.2, 0.25) is 11.5 Å². The van der Waals surface area contributed by atoms with E-state index < -0.39 is 10.1 Å². The number of benzene rings is 2. The van der Waals surface area contributed by atoms with Gasteiger partial charge < -0.3 is 23.1 Å². The highest BCUT2D eigenvalue weighted by Gasteiger charge is 2.31. The van der Waals surface area contributed by atoms with Crippen LogP contribution >= 0.6 is 0 Å². The lowest BCUT2D eigenvalue weighted by Gasteiger charge is -2.13. The van der Waals surface area contributed by atoms with Crippen molar-refractivity contribution in [2.24, 2.45) is 0 Å². The number of Topliss-reactive ketones (excluding diaryl/α,β-unsaturated/α-hetero) is 1. The highest BCUT2D eigenvalue weighted by Crippen LogP contribution is 2.41. The number of allylic oxidation sites excluding steroid dienone is 1. The molecule has 0 aliphatic carbocycles. The van der Waals surface area contributed by atoms with Crippen molar-refractivity contribution < 1.29 is 36.3 Å². The first-order valence-corrected chi connectivity index (χ1v) is 10.3. The first-order valence-electron chi connectivity index (χ1n) is 8.45. The molecule has 2 aromatic rings. The van der Waals surface area contributed by atoms with Gasteiger partial charge in [0.1, 0.15) is 11.5 Å². The largest absolute Gasteiger partial charge is 0.493 e. The number of methoxy groups -OCH3 is 3. The van der Waals surface area contributed by atoms with E-state index in [1.807, 2.05) is 0 Å². The molecule has 1 heterocycles. The maximum atomic E-state index is 12.7. The predicted octanol–water partition coefficient (Wildman–Crippen LogP) is 2.98. The summed E-state index contributed by atoms with van der Waals surface area (Å²) in [7, 11) is 0.776. The van der Waals surface area contributed by atoms with Gasteiger partial charge in [-0.05, 0) is 42.8 Å². The highest BCUT2D eigenvalue weighted by atomic mass is 32.2. The zero-order chi connectivity index (χ0) is 21.3. The molecule has 154 valence electrons. The lowest BCUT2D eigenvalue weighted by atomic mass is 10.1. The summed E-state index contributed by atoms with van der Waals surface area (Å²) >= 11 is 0. The van der Waals surface area contributed by atoms with Crippen LogP contribution < -0.4 is 23.1 Å². The first-order chi connectivity index (χ1) is 13.7. The minimum absolute atomic E-state index is 0.0777. The van der Waals surface area contributed by atoms with Gasteiger partial charge in [-0.1, -0.05) is 0 Å². The number of hydrogen-bond donors (Lipinski definition) is 0. The van der Waals surface area contributed by atoms with Crippen LogP contribution in [0.2, 0.25) is 0 Å². The normalized spacial score (nSPS) is 14.4. The van der Waals surface area contributed by atoms with Crippen LogP contribution in [0.5, 0.6) is 28.7 Å². The smallest absolute Gasteiger partial charge is 0.306 e. The van der Waals surface area contributed by atoms with Gasteiger partial charge in [-0.2, -0.15) is 8.42 Å². The molecule has 0 N–H and O–H groups in total. The lowest BCUT2D eigenvalue weighted by Crippen LogP contribution is -2.07. The van der Waals surface area contributed by atoms with Crippen molar-refractivity contribution in [3.8, 4) is 28.7 Å². The Hall–Kier alpha value is -3.20. The molecule has 0 radical (unpaired) electrons. The third kappa shape index (κ3) is 4.00. The standard InChI is InChI=1S/C20H20O8S/c1-11-14(28-29(5,22)23)7-6-13-18(21)15(27-19(11)13)8-12-9-16(24-2)20(26-4)17(10-12)25-3/h6-10H,1-5H3. The van der Waals surface area contributed by atoms with Crippen LogP contribution in [-0.4, -0.2) is 41.8 Å². The molecule has 3 rings (SSSR count). The number of rotatable bonds is 6. The van der Waals surface area contributed by atoms with Gasteiger partial charge in [0, 0.05) is 5.56 Å². The third-order valence-corrected chi connectivity index (χ3v) is 4.74. The molecule has 29 heavy (non-hydrogen) atoms. The second-order valence-corrected chi connectivity index (χ2v) is 7.83. The molecule has 0 aromatic heterocycles. The Morgan fingerprint density at radius 3 is 2.10 bits per heavy atom. The average Bonchev–Trinajstić information content (AvgIpc) is 2.98. The van der Waals surface area contributed by atoms with Gasteiger partial charge >= 0.3 is 10.1 Å². The maximum Gasteiger partial charge on any atom is 0.306 e. The summed E-state index contributed by atoms with van der Waals surface area (Å²) in [5.74, 6) is 1.40. The van der Waals surface area contributed by atoms with E-state index in [9.17, 15) is 13.2 Å². The Balaban J connectivity index is 2.02. The monoisotopic (exact) mass is 420 g/mol. The summed E-state index contributed by atoms with van der Waals surface area (Å²) in [6, 6.07) is 6.26. The number of fused-ring (bicyclic) bond motifs is 1. The summed E-state index contributed by atoms with van der Waals surface area (Å²) < 4.78 is 49.5. The molecule has 0 unspecified atom stereocenters. The van der Waals surface area contributed by atoms with Crippen LogP contribution in [0.3, 0.4) is 0 Å². The Morgan fingerprint density at radius 2 is 1.59 bits per heavy atom. The fraction of sp³-hybridized carbons (Fsp3) is 0.250. The minimum atomic E-state index is -3.71. The van der Waals surface area contributed by atoms with Crippen LogP contribution in [0.1, 0.15) is 21.5 Å². The van der Waals surface area contributed by atoms with Crippen LogP contribution in [0, 0.1) is 6.92 Å². The van der Waals surface area contributed by atoms with Crippen molar-refractivity contribution in [1.82, 2.24) is 0 Å². The van der Waals surface area contributed by atoms with Crippen molar-refractivity contribution in [2.45, 2.75) is 6.92 Å². The van der Waals surface area contributed by atoms with E-state index in [1.54, 1.807) is 25.1 Å². The SMILES string of the molecule is COc1cc(C=C2Oc3c(ccc(OS(C)(=O)=O)c3C)C2=O)cc(OC)c1OC. The highest BCUT2D eigenvalue weighted by molar-refractivity contribution is 7.86. The van der Waals surface area contributed by atoms with Crippen LogP contribution in [-0.2, 0) is 10.1 Å². The summed E-state index contributed by atoms with van der Waals surface area (Å²) in [4.78, 5) is 12.7. The Kier molecular flexibility index (Phi) is 5.43. The molecule has 0 spiro atoms. The summed E-state index contributed by atoms with van der Waals surface area (Å²) in [6.07, 6.45) is 2.49. The molecule has 1 aliphatic rings. The molecule has 8 nitrogen and oxygen atoms in total. The topological polar surface area (TPSA) is 97.4 Å². The zero-order valence-corrected chi connectivity index (χ0v) is 17.4.